The van der Waals surface area contributed by atoms with Gasteiger partial charge in [-0.25, -0.2) is 0 Å². The van der Waals surface area contributed by atoms with Crippen LogP contribution in [0.25, 0.3) is 0 Å². The molecule has 1 aliphatic heterocycles. The van der Waals surface area contributed by atoms with Crippen molar-refractivity contribution in [3.63, 3.8) is 0 Å². The second-order valence-corrected chi connectivity index (χ2v) is 5.60. The molecular formula is C18H19N3O3. The van der Waals surface area contributed by atoms with Crippen molar-refractivity contribution >= 4 is 11.6 Å². The molecule has 2 heterocycles. The van der Waals surface area contributed by atoms with Crippen molar-refractivity contribution in [3.05, 3.63) is 59.9 Å². The van der Waals surface area contributed by atoms with E-state index in [1.165, 1.54) is 0 Å². The Balaban J connectivity index is 2.01. The number of pyridine rings is 1. The average Bonchev–Trinajstić information content (AvgIpc) is 3.00. The lowest BCUT2D eigenvalue weighted by Crippen LogP contribution is -2.43. The van der Waals surface area contributed by atoms with Gasteiger partial charge in [0.1, 0.15) is 5.75 Å². The van der Waals surface area contributed by atoms with E-state index < -0.39 is 5.72 Å². The fourth-order valence-corrected chi connectivity index (χ4v) is 2.75. The Labute approximate surface area is 140 Å². The fraction of sp³-hybridized carbons (Fsp3) is 0.278. The van der Waals surface area contributed by atoms with E-state index in [0.717, 1.165) is 10.7 Å². The summed E-state index contributed by atoms with van der Waals surface area (Å²) in [6, 6.07) is 10.2. The number of ether oxygens (including phenoxy) is 1. The van der Waals surface area contributed by atoms with Crippen LogP contribution in [0.4, 0.5) is 0 Å². The summed E-state index contributed by atoms with van der Waals surface area (Å²) in [6.45, 7) is 1.95. The van der Waals surface area contributed by atoms with Crippen LogP contribution in [0.2, 0.25) is 0 Å². The van der Waals surface area contributed by atoms with Crippen molar-refractivity contribution in [3.8, 4) is 5.75 Å². The van der Waals surface area contributed by atoms with Gasteiger partial charge in [0, 0.05) is 35.7 Å². The molecule has 0 aliphatic carbocycles. The molecule has 1 aromatic carbocycles. The van der Waals surface area contributed by atoms with E-state index in [0.29, 0.717) is 23.3 Å². The number of carbonyl (C=O) groups excluding carboxylic acids is 1. The van der Waals surface area contributed by atoms with Crippen LogP contribution < -0.4 is 4.74 Å². The molecule has 3 rings (SSSR count). The van der Waals surface area contributed by atoms with Gasteiger partial charge in [-0.3, -0.25) is 9.78 Å². The van der Waals surface area contributed by atoms with Crippen LogP contribution in [0.3, 0.4) is 0 Å². The van der Waals surface area contributed by atoms with Crippen LogP contribution >= 0.6 is 0 Å². The molecule has 24 heavy (non-hydrogen) atoms. The number of hydrogen-bond acceptors (Lipinski definition) is 5. The highest BCUT2D eigenvalue weighted by Gasteiger charge is 2.45. The SMILES string of the molecule is CCC1=NN(C(=O)c2cccc(OC)c2)C(O)(c2ccncc2)C1. The van der Waals surface area contributed by atoms with Gasteiger partial charge in [0.15, 0.2) is 5.72 Å². The molecule has 0 saturated heterocycles. The van der Waals surface area contributed by atoms with Gasteiger partial charge in [-0.15, -0.1) is 0 Å². The summed E-state index contributed by atoms with van der Waals surface area (Å²) in [5.41, 5.74) is 0.253. The second-order valence-electron chi connectivity index (χ2n) is 5.60. The minimum atomic E-state index is -1.51. The quantitative estimate of drug-likeness (QED) is 0.937. The van der Waals surface area contributed by atoms with E-state index in [-0.39, 0.29) is 12.3 Å². The van der Waals surface area contributed by atoms with Crippen molar-refractivity contribution in [2.45, 2.75) is 25.5 Å². The minimum Gasteiger partial charge on any atom is -0.497 e. The maximum atomic E-state index is 13.0. The van der Waals surface area contributed by atoms with Gasteiger partial charge < -0.3 is 9.84 Å². The molecule has 6 heteroatoms. The van der Waals surface area contributed by atoms with E-state index in [1.54, 1.807) is 55.9 Å². The predicted molar refractivity (Wildman–Crippen MR) is 89.6 cm³/mol. The zero-order valence-corrected chi connectivity index (χ0v) is 13.6. The first-order chi connectivity index (χ1) is 11.6. The van der Waals surface area contributed by atoms with Crippen molar-refractivity contribution in [2.75, 3.05) is 7.11 Å². The zero-order chi connectivity index (χ0) is 17.2. The third-order valence-electron chi connectivity index (χ3n) is 4.10. The third-order valence-corrected chi connectivity index (χ3v) is 4.10. The number of aliphatic hydroxyl groups is 1. The molecule has 1 unspecified atom stereocenters. The van der Waals surface area contributed by atoms with Gasteiger partial charge in [0.05, 0.1) is 7.11 Å². The predicted octanol–water partition coefficient (Wildman–Crippen LogP) is 2.55. The number of rotatable bonds is 4. The first kappa shape index (κ1) is 16.1. The van der Waals surface area contributed by atoms with Crippen LogP contribution in [0.5, 0.6) is 5.75 Å². The van der Waals surface area contributed by atoms with E-state index in [2.05, 4.69) is 10.1 Å². The Bertz CT molecular complexity index is 776. The van der Waals surface area contributed by atoms with Gasteiger partial charge in [-0.1, -0.05) is 13.0 Å². The number of aromatic nitrogens is 1. The highest BCUT2D eigenvalue weighted by atomic mass is 16.5. The molecule has 1 amide bonds. The summed E-state index contributed by atoms with van der Waals surface area (Å²) >= 11 is 0. The van der Waals surface area contributed by atoms with Crippen molar-refractivity contribution < 1.29 is 14.6 Å². The Morgan fingerprint density at radius 1 is 1.33 bits per heavy atom. The van der Waals surface area contributed by atoms with Crippen LogP contribution in [-0.4, -0.2) is 33.8 Å². The highest BCUT2D eigenvalue weighted by molar-refractivity contribution is 5.98. The Morgan fingerprint density at radius 2 is 2.08 bits per heavy atom. The molecule has 6 nitrogen and oxygen atoms in total. The first-order valence-corrected chi connectivity index (χ1v) is 7.76. The van der Waals surface area contributed by atoms with Gasteiger partial charge in [-0.2, -0.15) is 10.1 Å². The largest absolute Gasteiger partial charge is 0.497 e. The number of benzene rings is 1. The lowest BCUT2D eigenvalue weighted by atomic mass is 9.97. The monoisotopic (exact) mass is 325 g/mol. The number of nitrogens with zero attached hydrogens (tertiary/aromatic N) is 3. The zero-order valence-electron chi connectivity index (χ0n) is 13.6. The standard InChI is InChI=1S/C18H19N3O3/c1-3-15-12-18(23,14-7-9-19-10-8-14)21(20-15)17(22)13-5-4-6-16(11-13)24-2/h4-11,23H,3,12H2,1-2H3. The molecular weight excluding hydrogens is 306 g/mol. The maximum Gasteiger partial charge on any atom is 0.277 e. The first-order valence-electron chi connectivity index (χ1n) is 7.76. The summed E-state index contributed by atoms with van der Waals surface area (Å²) in [4.78, 5) is 16.9. The van der Waals surface area contributed by atoms with Crippen molar-refractivity contribution in [2.24, 2.45) is 5.10 Å². The van der Waals surface area contributed by atoms with Crippen molar-refractivity contribution in [1.82, 2.24) is 9.99 Å². The average molecular weight is 325 g/mol. The molecule has 1 aromatic heterocycles. The smallest absolute Gasteiger partial charge is 0.277 e. The highest BCUT2D eigenvalue weighted by Crippen LogP contribution is 2.37. The van der Waals surface area contributed by atoms with Crippen molar-refractivity contribution in [1.29, 1.82) is 0 Å². The summed E-state index contributed by atoms with van der Waals surface area (Å²) in [5.74, 6) is 0.198. The molecule has 0 fully saturated rings. The molecule has 124 valence electrons. The van der Waals surface area contributed by atoms with Crippen LogP contribution in [0, 0.1) is 0 Å². The van der Waals surface area contributed by atoms with Gasteiger partial charge >= 0.3 is 0 Å². The summed E-state index contributed by atoms with van der Waals surface area (Å²) < 4.78 is 5.17. The molecule has 0 bridgehead atoms. The lowest BCUT2D eigenvalue weighted by Gasteiger charge is -2.31. The van der Waals surface area contributed by atoms with Gasteiger partial charge in [-0.05, 0) is 36.8 Å². The fourth-order valence-electron chi connectivity index (χ4n) is 2.75. The molecule has 0 saturated carbocycles. The molecule has 1 N–H and O–H groups in total. The number of amides is 1. The summed E-state index contributed by atoms with van der Waals surface area (Å²) in [7, 11) is 1.54. The molecule has 0 spiro atoms. The van der Waals surface area contributed by atoms with E-state index >= 15 is 0 Å². The van der Waals surface area contributed by atoms with Crippen LogP contribution in [-0.2, 0) is 5.72 Å². The Morgan fingerprint density at radius 3 is 2.75 bits per heavy atom. The van der Waals surface area contributed by atoms with E-state index in [1.807, 2.05) is 6.92 Å². The number of carbonyl (C=O) groups is 1. The summed E-state index contributed by atoms with van der Waals surface area (Å²) in [5, 5.41) is 16.7. The van der Waals surface area contributed by atoms with E-state index in [4.69, 9.17) is 4.74 Å². The second kappa shape index (κ2) is 6.41. The van der Waals surface area contributed by atoms with Gasteiger partial charge in [0.2, 0.25) is 0 Å². The van der Waals surface area contributed by atoms with Crippen LogP contribution in [0.15, 0.2) is 53.9 Å². The normalized spacial score (nSPS) is 20.0. The number of methoxy groups -OCH3 is 1. The molecule has 2 aromatic rings. The molecule has 1 atom stereocenters. The molecule has 1 aliphatic rings. The summed E-state index contributed by atoms with van der Waals surface area (Å²) in [6.07, 6.45) is 4.12. The Hall–Kier alpha value is -2.73. The van der Waals surface area contributed by atoms with Crippen LogP contribution in [0.1, 0.15) is 35.7 Å². The number of hydrogen-bond donors (Lipinski definition) is 1. The number of hydrazone groups is 1. The Kier molecular flexibility index (Phi) is 4.31. The minimum absolute atomic E-state index is 0.281. The van der Waals surface area contributed by atoms with E-state index in [9.17, 15) is 9.90 Å². The topological polar surface area (TPSA) is 75.0 Å². The maximum absolute atomic E-state index is 13.0. The third kappa shape index (κ3) is 2.76. The molecule has 0 radical (unpaired) electrons. The lowest BCUT2D eigenvalue weighted by molar-refractivity contribution is -0.0766. The van der Waals surface area contributed by atoms with Gasteiger partial charge in [0.25, 0.3) is 5.91 Å².